The number of Topliss-reactive ketones (excluding diaryl/α,β-unsaturated/α-hetero) is 1. The maximum atomic E-state index is 11.7. The lowest BCUT2D eigenvalue weighted by Crippen LogP contribution is -2.35. The van der Waals surface area contributed by atoms with Crippen LogP contribution in [0, 0.1) is 5.92 Å². The third-order valence-electron chi connectivity index (χ3n) is 10.3. The Balaban J connectivity index is 1.07. The van der Waals surface area contributed by atoms with E-state index in [1.165, 1.54) is 11.1 Å². The zero-order chi connectivity index (χ0) is 34.8. The molecule has 2 fully saturated rings. The molecule has 7 rings (SSSR count). The molecular formula is C40H41Cl2N3O5. The first-order valence-electron chi connectivity index (χ1n) is 17.4. The van der Waals surface area contributed by atoms with E-state index in [1.807, 2.05) is 11.0 Å². The number of carboxylic acids is 1. The van der Waals surface area contributed by atoms with Gasteiger partial charge in [0.15, 0.2) is 0 Å². The maximum Gasteiger partial charge on any atom is 0.320 e. The number of hydrogen-bond acceptors (Lipinski definition) is 7. The molecule has 1 aromatic heterocycles. The predicted octanol–water partition coefficient (Wildman–Crippen LogP) is 8.31. The van der Waals surface area contributed by atoms with E-state index in [1.54, 1.807) is 13.2 Å². The van der Waals surface area contributed by atoms with E-state index in [9.17, 15) is 14.7 Å². The van der Waals surface area contributed by atoms with Crippen LogP contribution in [-0.2, 0) is 29.1 Å². The Labute approximate surface area is 302 Å². The van der Waals surface area contributed by atoms with Gasteiger partial charge in [0.2, 0.25) is 11.8 Å². The summed E-state index contributed by atoms with van der Waals surface area (Å²) in [4.78, 5) is 29.8. The van der Waals surface area contributed by atoms with Crippen molar-refractivity contribution in [2.24, 2.45) is 5.92 Å². The number of nitrogens with zero attached hydrogens (tertiary/aromatic N) is 2. The van der Waals surface area contributed by atoms with Crippen molar-refractivity contribution >= 4 is 35.0 Å². The second-order valence-corrected chi connectivity index (χ2v) is 14.4. The average molecular weight is 715 g/mol. The smallest absolute Gasteiger partial charge is 0.320 e. The Kier molecular flexibility index (Phi) is 10.4. The third kappa shape index (κ3) is 7.26. The van der Waals surface area contributed by atoms with E-state index in [-0.39, 0.29) is 6.10 Å². The summed E-state index contributed by atoms with van der Waals surface area (Å²) in [7, 11) is 1.55. The number of carbonyl (C=O) groups excluding carboxylic acids is 1. The molecule has 0 amide bonds. The molecule has 2 heterocycles. The van der Waals surface area contributed by atoms with Crippen molar-refractivity contribution in [3.8, 4) is 34.0 Å². The van der Waals surface area contributed by atoms with Gasteiger partial charge in [-0.05, 0) is 85.0 Å². The first-order chi connectivity index (χ1) is 24.3. The zero-order valence-electron chi connectivity index (χ0n) is 28.1. The molecule has 3 atom stereocenters. The Morgan fingerprint density at radius 3 is 2.52 bits per heavy atom. The number of rotatable bonds is 12. The predicted molar refractivity (Wildman–Crippen MR) is 195 cm³/mol. The maximum absolute atomic E-state index is 11.7. The molecule has 1 saturated carbocycles. The lowest BCUT2D eigenvalue weighted by molar-refractivity contribution is -0.142. The minimum Gasteiger partial charge on any atom is -0.481 e. The van der Waals surface area contributed by atoms with Gasteiger partial charge < -0.3 is 19.9 Å². The molecule has 0 bridgehead atoms. The molecule has 3 aliphatic rings. The van der Waals surface area contributed by atoms with E-state index in [4.69, 9.17) is 32.7 Å². The summed E-state index contributed by atoms with van der Waals surface area (Å²) in [5.74, 6) is 0.685. The summed E-state index contributed by atoms with van der Waals surface area (Å²) in [5.41, 5.74) is 8.27. The minimum atomic E-state index is -0.818. The molecule has 2 N–H and O–H groups in total. The molecule has 0 spiro atoms. The highest BCUT2D eigenvalue weighted by molar-refractivity contribution is 6.36. The summed E-state index contributed by atoms with van der Waals surface area (Å²) in [6.45, 7) is 2.71. The number of ketones is 1. The summed E-state index contributed by atoms with van der Waals surface area (Å²) in [6, 6.07) is 22.2. The second-order valence-electron chi connectivity index (χ2n) is 13.6. The molecule has 2 aliphatic carbocycles. The SMILES string of the molecule is COc1nc(O[C@H]2CCc3c(-c4cccc(-c5ccc(CNC[C@@H]6CCC(=O)C6)cc5)c4Cl)cccc32)c(Cl)cc1CN1CCC[C@H]1C(=O)O. The lowest BCUT2D eigenvalue weighted by Gasteiger charge is -2.23. The molecule has 10 heteroatoms. The van der Waals surface area contributed by atoms with E-state index in [0.29, 0.717) is 59.4 Å². The van der Waals surface area contributed by atoms with Crippen molar-refractivity contribution in [3.63, 3.8) is 0 Å². The number of nitrogens with one attached hydrogen (secondary N) is 1. The van der Waals surface area contributed by atoms with Gasteiger partial charge in [0.25, 0.3) is 0 Å². The number of likely N-dealkylation sites (tertiary alicyclic amines) is 1. The first kappa shape index (κ1) is 34.5. The van der Waals surface area contributed by atoms with Crippen molar-refractivity contribution in [2.75, 3.05) is 20.2 Å². The van der Waals surface area contributed by atoms with Gasteiger partial charge in [0.1, 0.15) is 23.0 Å². The number of aliphatic carboxylic acids is 1. The van der Waals surface area contributed by atoms with Gasteiger partial charge in [-0.1, -0.05) is 83.9 Å². The molecular weight excluding hydrogens is 673 g/mol. The van der Waals surface area contributed by atoms with Gasteiger partial charge in [0, 0.05) is 42.6 Å². The number of fused-ring (bicyclic) bond motifs is 1. The highest BCUT2D eigenvalue weighted by Crippen LogP contribution is 2.45. The summed E-state index contributed by atoms with van der Waals surface area (Å²) in [5, 5.41) is 14.2. The minimum absolute atomic E-state index is 0.252. The Morgan fingerprint density at radius 1 is 0.980 bits per heavy atom. The Bertz CT molecular complexity index is 1900. The second kappa shape index (κ2) is 15.1. The standard InChI is InChI=1S/C40H41Cl2N3O5/c1-49-38-27(23-45-18-4-9-35(45)40(47)48)20-34(41)39(44-38)50-36-17-16-31-30(6-3-7-32(31)36)33-8-2-5-29(37(33)42)26-13-10-24(11-14-26)21-43-22-25-12-15-28(46)19-25/h2-3,5-8,10-11,13-14,20,25,35-36,43H,4,9,12,15-19,21-23H2,1H3,(H,47,48)/t25-,35+,36+/m1/s1. The molecule has 4 aromatic rings. The van der Waals surface area contributed by atoms with Gasteiger partial charge >= 0.3 is 5.97 Å². The number of carbonyl (C=O) groups is 2. The Morgan fingerprint density at radius 2 is 1.76 bits per heavy atom. The molecule has 3 aromatic carbocycles. The van der Waals surface area contributed by atoms with Gasteiger partial charge in [-0.15, -0.1) is 0 Å². The average Bonchev–Trinajstić information content (AvgIpc) is 3.87. The molecule has 1 saturated heterocycles. The topological polar surface area (TPSA) is 101 Å². The number of carboxylic acid groups (broad SMARTS) is 1. The molecule has 0 unspecified atom stereocenters. The van der Waals surface area contributed by atoms with Crippen molar-refractivity contribution in [1.82, 2.24) is 15.2 Å². The van der Waals surface area contributed by atoms with Crippen LogP contribution in [0.4, 0.5) is 0 Å². The summed E-state index contributed by atoms with van der Waals surface area (Å²) >= 11 is 13.9. The van der Waals surface area contributed by atoms with Gasteiger partial charge in [-0.25, -0.2) is 0 Å². The van der Waals surface area contributed by atoms with Crippen LogP contribution in [-0.4, -0.2) is 53.0 Å². The molecule has 260 valence electrons. The number of pyridine rings is 1. The van der Waals surface area contributed by atoms with Crippen LogP contribution in [0.15, 0.2) is 66.7 Å². The quantitative estimate of drug-likeness (QED) is 0.151. The highest BCUT2D eigenvalue weighted by atomic mass is 35.5. The number of methoxy groups -OCH3 is 1. The molecule has 50 heavy (non-hydrogen) atoms. The van der Waals surface area contributed by atoms with Gasteiger partial charge in [-0.2, -0.15) is 4.98 Å². The summed E-state index contributed by atoms with van der Waals surface area (Å²) < 4.78 is 12.1. The zero-order valence-corrected chi connectivity index (χ0v) is 29.6. The van der Waals surface area contributed by atoms with Crippen LogP contribution < -0.4 is 14.8 Å². The van der Waals surface area contributed by atoms with E-state index in [2.05, 4.69) is 64.9 Å². The number of aromatic nitrogens is 1. The van der Waals surface area contributed by atoms with Gasteiger partial charge in [-0.3, -0.25) is 14.5 Å². The van der Waals surface area contributed by atoms with Gasteiger partial charge in [0.05, 0.1) is 12.1 Å². The lowest BCUT2D eigenvalue weighted by atomic mass is 9.93. The van der Waals surface area contributed by atoms with Crippen LogP contribution in [0.25, 0.3) is 22.3 Å². The van der Waals surface area contributed by atoms with Crippen LogP contribution in [0.5, 0.6) is 11.8 Å². The highest BCUT2D eigenvalue weighted by Gasteiger charge is 2.32. The van der Waals surface area contributed by atoms with Crippen molar-refractivity contribution in [3.05, 3.63) is 99.0 Å². The fourth-order valence-electron chi connectivity index (χ4n) is 7.76. The summed E-state index contributed by atoms with van der Waals surface area (Å²) in [6.07, 6.45) is 5.18. The van der Waals surface area contributed by atoms with Crippen LogP contribution in [0.3, 0.4) is 0 Å². The van der Waals surface area contributed by atoms with Crippen molar-refractivity contribution in [2.45, 2.75) is 70.2 Å². The third-order valence-corrected chi connectivity index (χ3v) is 11.0. The van der Waals surface area contributed by atoms with Crippen molar-refractivity contribution in [1.29, 1.82) is 0 Å². The number of benzene rings is 3. The number of hydrogen-bond donors (Lipinski definition) is 2. The van der Waals surface area contributed by atoms with Crippen LogP contribution in [0.1, 0.15) is 66.9 Å². The fourth-order valence-corrected chi connectivity index (χ4v) is 8.31. The number of halogens is 2. The van der Waals surface area contributed by atoms with Crippen LogP contribution >= 0.6 is 23.2 Å². The van der Waals surface area contributed by atoms with E-state index >= 15 is 0 Å². The number of ether oxygens (including phenoxy) is 2. The monoisotopic (exact) mass is 713 g/mol. The largest absolute Gasteiger partial charge is 0.481 e. The molecule has 8 nitrogen and oxygen atoms in total. The normalized spacial score (nSPS) is 20.3. The fraction of sp³-hybridized carbons (Fsp3) is 0.375. The molecule has 0 radical (unpaired) electrons. The Hall–Kier alpha value is -3.95. The first-order valence-corrected chi connectivity index (χ1v) is 18.1. The molecule has 1 aliphatic heterocycles. The van der Waals surface area contributed by atoms with Crippen LogP contribution in [0.2, 0.25) is 10.0 Å². The van der Waals surface area contributed by atoms with E-state index < -0.39 is 12.0 Å². The van der Waals surface area contributed by atoms with Crippen molar-refractivity contribution < 1.29 is 24.2 Å². The van der Waals surface area contributed by atoms with E-state index in [0.717, 1.165) is 78.6 Å².